The van der Waals surface area contributed by atoms with Crippen molar-refractivity contribution in [2.75, 3.05) is 12.5 Å². The molecule has 1 aliphatic heterocycles. The summed E-state index contributed by atoms with van der Waals surface area (Å²) in [7, 11) is 0. The van der Waals surface area contributed by atoms with Crippen molar-refractivity contribution in [3.8, 4) is 28.6 Å². The Hall–Kier alpha value is -3.15. The van der Waals surface area contributed by atoms with Crippen molar-refractivity contribution >= 4 is 16.7 Å². The first-order chi connectivity index (χ1) is 10.6. The van der Waals surface area contributed by atoms with Gasteiger partial charge in [0.15, 0.2) is 17.3 Å². The van der Waals surface area contributed by atoms with Gasteiger partial charge in [0, 0.05) is 17.3 Å². The van der Waals surface area contributed by atoms with Crippen molar-refractivity contribution in [1.29, 1.82) is 0 Å². The summed E-state index contributed by atoms with van der Waals surface area (Å²) in [6.07, 6.45) is 0. The number of nitrogen functional groups attached to an aromatic ring is 1. The Morgan fingerprint density at radius 1 is 1.05 bits per heavy atom. The second-order valence-corrected chi connectivity index (χ2v) is 4.93. The number of benzene rings is 2. The lowest BCUT2D eigenvalue weighted by Crippen LogP contribution is -2.03. The molecule has 0 saturated carbocycles. The van der Waals surface area contributed by atoms with Crippen LogP contribution in [-0.2, 0) is 0 Å². The quantitative estimate of drug-likeness (QED) is 0.670. The molecule has 0 amide bonds. The third-order valence-corrected chi connectivity index (χ3v) is 3.53. The number of aromatic hydroxyl groups is 1. The van der Waals surface area contributed by atoms with Crippen LogP contribution in [0, 0.1) is 0 Å². The first-order valence-corrected chi connectivity index (χ1v) is 6.59. The summed E-state index contributed by atoms with van der Waals surface area (Å²) in [6, 6.07) is 9.69. The minimum atomic E-state index is -0.506. The fourth-order valence-electron chi connectivity index (χ4n) is 2.43. The maximum atomic E-state index is 12.3. The van der Waals surface area contributed by atoms with E-state index in [-0.39, 0.29) is 17.9 Å². The Kier molecular flexibility index (Phi) is 2.53. The first-order valence-electron chi connectivity index (χ1n) is 6.59. The molecular weight excluding hydrogens is 286 g/mol. The van der Waals surface area contributed by atoms with Gasteiger partial charge < -0.3 is 24.7 Å². The van der Waals surface area contributed by atoms with Gasteiger partial charge in [-0.2, -0.15) is 0 Å². The maximum absolute atomic E-state index is 12.3. The smallest absolute Gasteiger partial charge is 0.235 e. The highest BCUT2D eigenvalue weighted by Gasteiger charge is 2.19. The minimum absolute atomic E-state index is 0.0707. The van der Waals surface area contributed by atoms with Crippen LogP contribution in [0.5, 0.6) is 17.2 Å². The zero-order valence-corrected chi connectivity index (χ0v) is 11.3. The lowest BCUT2D eigenvalue weighted by Gasteiger charge is -2.07. The van der Waals surface area contributed by atoms with Gasteiger partial charge in [0.1, 0.15) is 5.58 Å². The van der Waals surface area contributed by atoms with Crippen LogP contribution in [0.2, 0.25) is 0 Å². The van der Waals surface area contributed by atoms with Gasteiger partial charge in [-0.1, -0.05) is 0 Å². The van der Waals surface area contributed by atoms with Gasteiger partial charge in [0.25, 0.3) is 0 Å². The van der Waals surface area contributed by atoms with Gasteiger partial charge in [0.05, 0.1) is 5.39 Å². The van der Waals surface area contributed by atoms with Gasteiger partial charge in [-0.05, 0) is 30.3 Å². The summed E-state index contributed by atoms with van der Waals surface area (Å²) < 4.78 is 16.2. The molecule has 2 aromatic carbocycles. The summed E-state index contributed by atoms with van der Waals surface area (Å²) >= 11 is 0. The second kappa shape index (κ2) is 4.42. The van der Waals surface area contributed by atoms with E-state index < -0.39 is 11.2 Å². The molecule has 2 heterocycles. The number of anilines is 1. The highest BCUT2D eigenvalue weighted by molar-refractivity contribution is 5.84. The van der Waals surface area contributed by atoms with E-state index in [9.17, 15) is 9.90 Å². The summed E-state index contributed by atoms with van der Waals surface area (Å²) in [5, 5.41) is 10.4. The van der Waals surface area contributed by atoms with E-state index in [0.717, 1.165) is 0 Å². The van der Waals surface area contributed by atoms with Crippen LogP contribution in [0.25, 0.3) is 22.3 Å². The molecule has 0 radical (unpaired) electrons. The standard InChI is InChI=1S/C16H11NO5/c17-9-2-3-10-12(6-9)22-16(15(19)14(10)18)8-1-4-11-13(5-8)21-7-20-11/h1-6,19H,7,17H2. The second-order valence-electron chi connectivity index (χ2n) is 4.93. The topological polar surface area (TPSA) is 94.9 Å². The molecule has 3 N–H and O–H groups in total. The number of fused-ring (bicyclic) bond motifs is 2. The third kappa shape index (κ3) is 1.77. The molecule has 0 aliphatic carbocycles. The Morgan fingerprint density at radius 3 is 2.73 bits per heavy atom. The fraction of sp³-hybridized carbons (Fsp3) is 0.0625. The fourth-order valence-corrected chi connectivity index (χ4v) is 2.43. The Morgan fingerprint density at radius 2 is 1.86 bits per heavy atom. The molecule has 4 rings (SSSR count). The number of hydrogen-bond donors (Lipinski definition) is 2. The molecule has 1 aromatic heterocycles. The zero-order chi connectivity index (χ0) is 15.3. The van der Waals surface area contributed by atoms with E-state index in [0.29, 0.717) is 28.3 Å². The predicted molar refractivity (Wildman–Crippen MR) is 80.1 cm³/mol. The van der Waals surface area contributed by atoms with Crippen molar-refractivity contribution in [1.82, 2.24) is 0 Å². The van der Waals surface area contributed by atoms with Gasteiger partial charge in [-0.3, -0.25) is 4.79 Å². The maximum Gasteiger partial charge on any atom is 0.235 e. The van der Waals surface area contributed by atoms with Crippen molar-refractivity contribution in [3.63, 3.8) is 0 Å². The minimum Gasteiger partial charge on any atom is -0.502 e. The van der Waals surface area contributed by atoms with Crippen LogP contribution < -0.4 is 20.6 Å². The molecule has 6 heteroatoms. The van der Waals surface area contributed by atoms with Crippen LogP contribution in [-0.4, -0.2) is 11.9 Å². The predicted octanol–water partition coefficient (Wildman–Crippen LogP) is 2.48. The van der Waals surface area contributed by atoms with Crippen LogP contribution in [0.15, 0.2) is 45.6 Å². The van der Waals surface area contributed by atoms with E-state index >= 15 is 0 Å². The molecule has 22 heavy (non-hydrogen) atoms. The van der Waals surface area contributed by atoms with Gasteiger partial charge >= 0.3 is 0 Å². The van der Waals surface area contributed by atoms with Crippen LogP contribution in [0.1, 0.15) is 0 Å². The van der Waals surface area contributed by atoms with E-state index in [1.54, 1.807) is 30.3 Å². The van der Waals surface area contributed by atoms with Gasteiger partial charge in [-0.15, -0.1) is 0 Å². The van der Waals surface area contributed by atoms with Crippen molar-refractivity contribution in [3.05, 3.63) is 46.6 Å². The van der Waals surface area contributed by atoms with Crippen molar-refractivity contribution in [2.24, 2.45) is 0 Å². The summed E-state index contributed by atoms with van der Waals surface area (Å²) in [5.74, 6) is 0.764. The molecule has 110 valence electrons. The SMILES string of the molecule is Nc1ccc2c(=O)c(O)c(-c3ccc4c(c3)OCO4)oc2c1. The monoisotopic (exact) mass is 297 g/mol. The van der Waals surface area contributed by atoms with Crippen molar-refractivity contribution < 1.29 is 19.0 Å². The molecular formula is C16H11NO5. The molecule has 0 saturated heterocycles. The summed E-state index contributed by atoms with van der Waals surface area (Å²) in [4.78, 5) is 12.3. The van der Waals surface area contributed by atoms with Gasteiger partial charge in [-0.25, -0.2) is 0 Å². The molecule has 0 atom stereocenters. The van der Waals surface area contributed by atoms with E-state index in [4.69, 9.17) is 19.6 Å². The molecule has 1 aliphatic rings. The van der Waals surface area contributed by atoms with E-state index in [1.807, 2.05) is 0 Å². The largest absolute Gasteiger partial charge is 0.502 e. The van der Waals surface area contributed by atoms with Crippen LogP contribution >= 0.6 is 0 Å². The van der Waals surface area contributed by atoms with Gasteiger partial charge in [0.2, 0.25) is 18.0 Å². The molecule has 0 fully saturated rings. The molecule has 0 unspecified atom stereocenters. The van der Waals surface area contributed by atoms with Crippen LogP contribution in [0.4, 0.5) is 5.69 Å². The van der Waals surface area contributed by atoms with Crippen molar-refractivity contribution in [2.45, 2.75) is 0 Å². The number of hydrogen-bond acceptors (Lipinski definition) is 6. The number of ether oxygens (including phenoxy) is 2. The number of nitrogens with two attached hydrogens (primary N) is 1. The molecule has 6 nitrogen and oxygen atoms in total. The third-order valence-electron chi connectivity index (χ3n) is 3.53. The summed E-state index contributed by atoms with van der Waals surface area (Å²) in [5.41, 5.74) is 6.51. The lowest BCUT2D eigenvalue weighted by atomic mass is 10.1. The summed E-state index contributed by atoms with van der Waals surface area (Å²) in [6.45, 7) is 0.142. The van der Waals surface area contributed by atoms with E-state index in [1.165, 1.54) is 6.07 Å². The Bertz CT molecular complexity index is 961. The first kappa shape index (κ1) is 12.6. The average molecular weight is 297 g/mol. The Labute approximate surface area is 124 Å². The molecule has 0 bridgehead atoms. The van der Waals surface area contributed by atoms with E-state index in [2.05, 4.69) is 0 Å². The van der Waals surface area contributed by atoms with Crippen LogP contribution in [0.3, 0.4) is 0 Å². The lowest BCUT2D eigenvalue weighted by molar-refractivity contribution is 0.174. The molecule has 0 spiro atoms. The zero-order valence-electron chi connectivity index (χ0n) is 11.3. The average Bonchev–Trinajstić information content (AvgIpc) is 2.98. The normalized spacial score (nSPS) is 12.7. The highest BCUT2D eigenvalue weighted by atomic mass is 16.7. The highest BCUT2D eigenvalue weighted by Crippen LogP contribution is 2.38. The number of rotatable bonds is 1. The molecule has 3 aromatic rings. The Balaban J connectivity index is 1.98.